The van der Waals surface area contributed by atoms with E-state index in [0.29, 0.717) is 6.04 Å². The highest BCUT2D eigenvalue weighted by Crippen LogP contribution is 2.29. The molecular formula is C13H26N2. The Morgan fingerprint density at radius 3 is 2.87 bits per heavy atom. The van der Waals surface area contributed by atoms with Gasteiger partial charge in [0, 0.05) is 32.2 Å². The maximum Gasteiger partial charge on any atom is 0.0167 e. The van der Waals surface area contributed by atoms with E-state index in [0.717, 1.165) is 11.8 Å². The Kier molecular flexibility index (Phi) is 4.04. The quantitative estimate of drug-likeness (QED) is 0.751. The van der Waals surface area contributed by atoms with E-state index in [1.165, 1.54) is 51.9 Å². The van der Waals surface area contributed by atoms with Crippen molar-refractivity contribution in [3.63, 3.8) is 0 Å². The van der Waals surface area contributed by atoms with Crippen molar-refractivity contribution < 1.29 is 0 Å². The van der Waals surface area contributed by atoms with Crippen LogP contribution >= 0.6 is 0 Å². The molecule has 2 heteroatoms. The average Bonchev–Trinajstić information content (AvgIpc) is 2.17. The van der Waals surface area contributed by atoms with Crippen molar-refractivity contribution in [1.82, 2.24) is 10.2 Å². The molecule has 0 radical (unpaired) electrons. The number of piperazine rings is 1. The summed E-state index contributed by atoms with van der Waals surface area (Å²) in [5.74, 6) is 1.96. The van der Waals surface area contributed by atoms with Crippen LogP contribution in [-0.2, 0) is 0 Å². The van der Waals surface area contributed by atoms with Crippen LogP contribution in [-0.4, -0.2) is 37.1 Å². The Morgan fingerprint density at radius 2 is 2.13 bits per heavy atom. The lowest BCUT2D eigenvalue weighted by molar-refractivity contribution is 0.148. The van der Waals surface area contributed by atoms with Gasteiger partial charge in [0.05, 0.1) is 0 Å². The highest BCUT2D eigenvalue weighted by molar-refractivity contribution is 4.79. The van der Waals surface area contributed by atoms with Gasteiger partial charge in [-0.25, -0.2) is 0 Å². The second kappa shape index (κ2) is 5.31. The Balaban J connectivity index is 1.75. The van der Waals surface area contributed by atoms with E-state index in [9.17, 15) is 0 Å². The SMILES string of the molecule is CC1CCCC(CN2CCNC(C)C2)C1. The molecule has 1 aliphatic carbocycles. The molecule has 0 bridgehead atoms. The standard InChI is InChI=1S/C13H26N2/c1-11-4-3-5-13(8-11)10-15-7-6-14-12(2)9-15/h11-14H,3-10H2,1-2H3. The first kappa shape index (κ1) is 11.4. The van der Waals surface area contributed by atoms with E-state index in [1.54, 1.807) is 0 Å². The van der Waals surface area contributed by atoms with Crippen molar-refractivity contribution in [1.29, 1.82) is 0 Å². The smallest absolute Gasteiger partial charge is 0.0167 e. The summed E-state index contributed by atoms with van der Waals surface area (Å²) in [7, 11) is 0. The van der Waals surface area contributed by atoms with Crippen molar-refractivity contribution >= 4 is 0 Å². The van der Waals surface area contributed by atoms with Crippen molar-refractivity contribution in [2.45, 2.75) is 45.6 Å². The van der Waals surface area contributed by atoms with Crippen molar-refractivity contribution in [3.8, 4) is 0 Å². The van der Waals surface area contributed by atoms with Crippen LogP contribution in [0.25, 0.3) is 0 Å². The molecule has 0 aromatic carbocycles. The minimum Gasteiger partial charge on any atom is -0.312 e. The third-order valence-corrected chi connectivity index (χ3v) is 4.01. The van der Waals surface area contributed by atoms with Crippen LogP contribution in [0.4, 0.5) is 0 Å². The van der Waals surface area contributed by atoms with E-state index in [-0.39, 0.29) is 0 Å². The minimum atomic E-state index is 0.694. The molecule has 1 saturated carbocycles. The van der Waals surface area contributed by atoms with Crippen LogP contribution in [0.2, 0.25) is 0 Å². The van der Waals surface area contributed by atoms with Gasteiger partial charge in [0.15, 0.2) is 0 Å². The maximum atomic E-state index is 3.52. The zero-order valence-electron chi connectivity index (χ0n) is 10.3. The summed E-state index contributed by atoms with van der Waals surface area (Å²) in [6, 6.07) is 0.694. The lowest BCUT2D eigenvalue weighted by Crippen LogP contribution is -2.50. The molecule has 2 fully saturated rings. The summed E-state index contributed by atoms with van der Waals surface area (Å²) in [4.78, 5) is 2.67. The molecule has 15 heavy (non-hydrogen) atoms. The summed E-state index contributed by atoms with van der Waals surface area (Å²) in [5.41, 5.74) is 0. The first-order valence-corrected chi connectivity index (χ1v) is 6.70. The Hall–Kier alpha value is -0.0800. The van der Waals surface area contributed by atoms with Gasteiger partial charge >= 0.3 is 0 Å². The number of rotatable bonds is 2. The van der Waals surface area contributed by atoms with Crippen LogP contribution in [0.5, 0.6) is 0 Å². The van der Waals surface area contributed by atoms with Crippen LogP contribution in [0.15, 0.2) is 0 Å². The lowest BCUT2D eigenvalue weighted by Gasteiger charge is -2.36. The number of hydrogen-bond donors (Lipinski definition) is 1. The fourth-order valence-electron chi connectivity index (χ4n) is 3.27. The van der Waals surface area contributed by atoms with Crippen molar-refractivity contribution in [3.05, 3.63) is 0 Å². The van der Waals surface area contributed by atoms with Gasteiger partial charge in [-0.05, 0) is 31.6 Å². The molecule has 3 atom stereocenters. The molecule has 2 aliphatic rings. The lowest BCUT2D eigenvalue weighted by atomic mass is 9.82. The van der Waals surface area contributed by atoms with Gasteiger partial charge in [0.25, 0.3) is 0 Å². The molecule has 0 amide bonds. The topological polar surface area (TPSA) is 15.3 Å². The van der Waals surface area contributed by atoms with Gasteiger partial charge in [-0.15, -0.1) is 0 Å². The van der Waals surface area contributed by atoms with Gasteiger partial charge < -0.3 is 10.2 Å². The second-order valence-electron chi connectivity index (χ2n) is 5.75. The van der Waals surface area contributed by atoms with Gasteiger partial charge in [-0.3, -0.25) is 0 Å². The summed E-state index contributed by atoms with van der Waals surface area (Å²) in [6.45, 7) is 9.78. The van der Waals surface area contributed by atoms with Crippen LogP contribution < -0.4 is 5.32 Å². The Morgan fingerprint density at radius 1 is 1.27 bits per heavy atom. The number of hydrogen-bond acceptors (Lipinski definition) is 2. The number of nitrogens with zero attached hydrogens (tertiary/aromatic N) is 1. The van der Waals surface area contributed by atoms with Gasteiger partial charge in [0.2, 0.25) is 0 Å². The average molecular weight is 210 g/mol. The predicted octanol–water partition coefficient (Wildman–Crippen LogP) is 2.11. The van der Waals surface area contributed by atoms with Crippen LogP contribution in [0.3, 0.4) is 0 Å². The molecule has 0 aromatic rings. The molecular weight excluding hydrogens is 184 g/mol. The monoisotopic (exact) mass is 210 g/mol. The molecule has 2 rings (SSSR count). The third-order valence-electron chi connectivity index (χ3n) is 4.01. The van der Waals surface area contributed by atoms with Crippen molar-refractivity contribution in [2.24, 2.45) is 11.8 Å². The van der Waals surface area contributed by atoms with E-state index in [2.05, 4.69) is 24.1 Å². The Labute approximate surface area is 94.4 Å². The normalized spacial score (nSPS) is 39.2. The van der Waals surface area contributed by atoms with Gasteiger partial charge in [-0.1, -0.05) is 19.8 Å². The molecule has 1 aliphatic heterocycles. The highest BCUT2D eigenvalue weighted by atomic mass is 15.2. The first-order valence-electron chi connectivity index (χ1n) is 6.70. The molecule has 0 spiro atoms. The van der Waals surface area contributed by atoms with E-state index in [1.807, 2.05) is 0 Å². The van der Waals surface area contributed by atoms with Gasteiger partial charge in [0.1, 0.15) is 0 Å². The Bertz CT molecular complexity index is 173. The van der Waals surface area contributed by atoms with Crippen LogP contribution in [0.1, 0.15) is 39.5 Å². The third kappa shape index (κ3) is 3.46. The van der Waals surface area contributed by atoms with Crippen molar-refractivity contribution in [2.75, 3.05) is 26.2 Å². The minimum absolute atomic E-state index is 0.694. The molecule has 1 N–H and O–H groups in total. The number of nitrogens with one attached hydrogen (secondary N) is 1. The summed E-state index contributed by atoms with van der Waals surface area (Å²) >= 11 is 0. The molecule has 1 heterocycles. The summed E-state index contributed by atoms with van der Waals surface area (Å²) < 4.78 is 0. The van der Waals surface area contributed by atoms with Crippen LogP contribution in [0, 0.1) is 11.8 Å². The zero-order valence-corrected chi connectivity index (χ0v) is 10.3. The fourth-order valence-corrected chi connectivity index (χ4v) is 3.27. The second-order valence-corrected chi connectivity index (χ2v) is 5.75. The zero-order chi connectivity index (χ0) is 10.7. The van der Waals surface area contributed by atoms with Gasteiger partial charge in [-0.2, -0.15) is 0 Å². The summed E-state index contributed by atoms with van der Waals surface area (Å²) in [6.07, 6.45) is 5.88. The largest absolute Gasteiger partial charge is 0.312 e. The van der Waals surface area contributed by atoms with E-state index >= 15 is 0 Å². The van der Waals surface area contributed by atoms with E-state index in [4.69, 9.17) is 0 Å². The summed E-state index contributed by atoms with van der Waals surface area (Å²) in [5, 5.41) is 3.52. The molecule has 0 aromatic heterocycles. The predicted molar refractivity (Wildman–Crippen MR) is 65.0 cm³/mol. The molecule has 1 saturated heterocycles. The molecule has 2 nitrogen and oxygen atoms in total. The maximum absolute atomic E-state index is 3.52. The highest BCUT2D eigenvalue weighted by Gasteiger charge is 2.23. The van der Waals surface area contributed by atoms with E-state index < -0.39 is 0 Å². The fraction of sp³-hybridized carbons (Fsp3) is 1.00. The first-order chi connectivity index (χ1) is 7.24. The molecule has 3 unspecified atom stereocenters. The molecule has 88 valence electrons.